The van der Waals surface area contributed by atoms with E-state index in [1.54, 1.807) is 18.2 Å². The molecule has 1 heterocycles. The third-order valence-corrected chi connectivity index (χ3v) is 3.80. The lowest BCUT2D eigenvalue weighted by Gasteiger charge is -2.13. The number of aromatic nitrogens is 1. The number of halogens is 1. The molecule has 2 N–H and O–H groups in total. The minimum Gasteiger partial charge on any atom is -0.480 e. The van der Waals surface area contributed by atoms with Crippen LogP contribution in [0, 0.1) is 0 Å². The van der Waals surface area contributed by atoms with Crippen LogP contribution in [-0.2, 0) is 11.2 Å². The highest BCUT2D eigenvalue weighted by atomic mass is 35.5. The van der Waals surface area contributed by atoms with E-state index < -0.39 is 12.0 Å². The standard InChI is InChI=1S/C18H15ClN2O3/c19-14-8-6-13(7-9-14)15-11-17(24-21-15)20-16(18(22)23)10-12-4-2-1-3-5-12/h1-9,11,16,20H,10H2,(H,22,23)/t16-/m0/s1. The highest BCUT2D eigenvalue weighted by Gasteiger charge is 2.20. The van der Waals surface area contributed by atoms with Crippen molar-refractivity contribution in [3.05, 3.63) is 71.2 Å². The average molecular weight is 343 g/mol. The van der Waals surface area contributed by atoms with Gasteiger partial charge in [-0.15, -0.1) is 0 Å². The van der Waals surface area contributed by atoms with Crippen LogP contribution in [0.3, 0.4) is 0 Å². The number of nitrogens with one attached hydrogen (secondary N) is 1. The number of carboxylic acids is 1. The van der Waals surface area contributed by atoms with Crippen LogP contribution in [0.1, 0.15) is 5.56 Å². The molecule has 3 aromatic rings. The van der Waals surface area contributed by atoms with Crippen LogP contribution in [0.15, 0.2) is 65.2 Å². The Morgan fingerprint density at radius 2 is 1.88 bits per heavy atom. The van der Waals surface area contributed by atoms with Crippen molar-refractivity contribution in [2.45, 2.75) is 12.5 Å². The van der Waals surface area contributed by atoms with Crippen molar-refractivity contribution in [2.75, 3.05) is 5.32 Å². The fourth-order valence-electron chi connectivity index (χ4n) is 2.32. The molecule has 0 saturated heterocycles. The molecule has 0 aliphatic rings. The van der Waals surface area contributed by atoms with Gasteiger partial charge in [0.2, 0.25) is 5.88 Å². The second-order valence-corrected chi connectivity index (χ2v) is 5.74. The lowest BCUT2D eigenvalue weighted by atomic mass is 10.1. The minimum absolute atomic E-state index is 0.309. The Labute approximate surface area is 143 Å². The van der Waals surface area contributed by atoms with Gasteiger partial charge in [-0.05, 0) is 17.7 Å². The van der Waals surface area contributed by atoms with Crippen molar-refractivity contribution < 1.29 is 14.4 Å². The Hall–Kier alpha value is -2.79. The summed E-state index contributed by atoms with van der Waals surface area (Å²) in [5, 5.41) is 16.9. The zero-order chi connectivity index (χ0) is 16.9. The molecular weight excluding hydrogens is 328 g/mol. The molecule has 0 fully saturated rings. The maximum atomic E-state index is 11.5. The van der Waals surface area contributed by atoms with Gasteiger partial charge in [0.25, 0.3) is 0 Å². The summed E-state index contributed by atoms with van der Waals surface area (Å²) in [5.74, 6) is -0.647. The minimum atomic E-state index is -0.955. The summed E-state index contributed by atoms with van der Waals surface area (Å²) in [7, 11) is 0. The third-order valence-electron chi connectivity index (χ3n) is 3.55. The molecule has 0 saturated carbocycles. The van der Waals surface area contributed by atoms with E-state index in [0.29, 0.717) is 23.0 Å². The second-order valence-electron chi connectivity index (χ2n) is 5.31. The fourth-order valence-corrected chi connectivity index (χ4v) is 2.45. The summed E-state index contributed by atoms with van der Waals surface area (Å²) in [6, 6.07) is 17.4. The van der Waals surface area contributed by atoms with Gasteiger partial charge in [-0.3, -0.25) is 0 Å². The number of nitrogens with zero attached hydrogens (tertiary/aromatic N) is 1. The summed E-state index contributed by atoms with van der Waals surface area (Å²) in [6.45, 7) is 0. The first-order valence-corrected chi connectivity index (χ1v) is 7.75. The van der Waals surface area contributed by atoms with E-state index in [1.807, 2.05) is 42.5 Å². The number of benzene rings is 2. The van der Waals surface area contributed by atoms with E-state index in [0.717, 1.165) is 11.1 Å². The number of hydrogen-bond donors (Lipinski definition) is 2. The topological polar surface area (TPSA) is 75.4 Å². The lowest BCUT2D eigenvalue weighted by Crippen LogP contribution is -2.31. The van der Waals surface area contributed by atoms with Crippen LogP contribution >= 0.6 is 11.6 Å². The summed E-state index contributed by atoms with van der Waals surface area (Å²) < 4.78 is 5.21. The maximum absolute atomic E-state index is 11.5. The smallest absolute Gasteiger partial charge is 0.326 e. The zero-order valence-corrected chi connectivity index (χ0v) is 13.4. The number of carboxylic acid groups (broad SMARTS) is 1. The van der Waals surface area contributed by atoms with Crippen molar-refractivity contribution >= 4 is 23.5 Å². The van der Waals surface area contributed by atoms with E-state index in [1.165, 1.54) is 0 Å². The normalized spacial score (nSPS) is 11.9. The van der Waals surface area contributed by atoms with Crippen LogP contribution in [0.4, 0.5) is 5.88 Å². The van der Waals surface area contributed by atoms with Gasteiger partial charge < -0.3 is 14.9 Å². The number of hydrogen-bond acceptors (Lipinski definition) is 4. The summed E-state index contributed by atoms with van der Waals surface area (Å²) >= 11 is 5.86. The lowest BCUT2D eigenvalue weighted by molar-refractivity contribution is -0.137. The highest BCUT2D eigenvalue weighted by molar-refractivity contribution is 6.30. The molecule has 24 heavy (non-hydrogen) atoms. The number of aliphatic carboxylic acids is 1. The highest BCUT2D eigenvalue weighted by Crippen LogP contribution is 2.24. The van der Waals surface area contributed by atoms with Crippen molar-refractivity contribution in [2.24, 2.45) is 0 Å². The van der Waals surface area contributed by atoms with E-state index in [2.05, 4.69) is 10.5 Å². The molecule has 0 amide bonds. The summed E-state index contributed by atoms with van der Waals surface area (Å²) in [6.07, 6.45) is 0.340. The Bertz CT molecular complexity index is 816. The number of carbonyl (C=O) groups is 1. The van der Waals surface area contributed by atoms with Crippen LogP contribution in [0.2, 0.25) is 5.02 Å². The third kappa shape index (κ3) is 3.94. The van der Waals surface area contributed by atoms with Gasteiger partial charge in [0.05, 0.1) is 0 Å². The molecule has 0 aliphatic heterocycles. The van der Waals surface area contributed by atoms with Gasteiger partial charge in [0.15, 0.2) is 0 Å². The van der Waals surface area contributed by atoms with Gasteiger partial charge >= 0.3 is 5.97 Å². The average Bonchev–Trinajstić information content (AvgIpc) is 3.04. The monoisotopic (exact) mass is 342 g/mol. The van der Waals surface area contributed by atoms with E-state index in [-0.39, 0.29) is 0 Å². The van der Waals surface area contributed by atoms with Crippen molar-refractivity contribution in [3.63, 3.8) is 0 Å². The SMILES string of the molecule is O=C(O)[C@H](Cc1ccccc1)Nc1cc(-c2ccc(Cl)cc2)no1. The van der Waals surface area contributed by atoms with Crippen LogP contribution in [0.5, 0.6) is 0 Å². The van der Waals surface area contributed by atoms with Crippen LogP contribution < -0.4 is 5.32 Å². The number of anilines is 1. The van der Waals surface area contributed by atoms with E-state index >= 15 is 0 Å². The molecule has 0 aliphatic carbocycles. The van der Waals surface area contributed by atoms with E-state index in [9.17, 15) is 9.90 Å². The molecule has 1 atom stereocenters. The fraction of sp³-hybridized carbons (Fsp3) is 0.111. The predicted molar refractivity (Wildman–Crippen MR) is 92.1 cm³/mol. The first-order chi connectivity index (χ1) is 11.6. The maximum Gasteiger partial charge on any atom is 0.326 e. The molecule has 1 aromatic heterocycles. The molecule has 0 radical (unpaired) electrons. The second kappa shape index (κ2) is 7.19. The quantitative estimate of drug-likeness (QED) is 0.705. The summed E-state index contributed by atoms with van der Waals surface area (Å²) in [4.78, 5) is 11.5. The molecule has 5 nitrogen and oxygen atoms in total. The molecule has 6 heteroatoms. The first-order valence-electron chi connectivity index (χ1n) is 7.38. The van der Waals surface area contributed by atoms with Gasteiger partial charge in [0, 0.05) is 23.1 Å². The van der Waals surface area contributed by atoms with Crippen molar-refractivity contribution in [1.29, 1.82) is 0 Å². The molecule has 0 spiro atoms. The Morgan fingerprint density at radius 1 is 1.17 bits per heavy atom. The van der Waals surface area contributed by atoms with Crippen LogP contribution in [0.25, 0.3) is 11.3 Å². The molecule has 0 bridgehead atoms. The van der Waals surface area contributed by atoms with Crippen molar-refractivity contribution in [3.8, 4) is 11.3 Å². The van der Waals surface area contributed by atoms with Gasteiger partial charge in [-0.2, -0.15) is 0 Å². The Morgan fingerprint density at radius 3 is 2.54 bits per heavy atom. The van der Waals surface area contributed by atoms with Gasteiger partial charge in [0.1, 0.15) is 11.7 Å². The molecule has 2 aromatic carbocycles. The van der Waals surface area contributed by atoms with E-state index in [4.69, 9.17) is 16.1 Å². The van der Waals surface area contributed by atoms with Crippen molar-refractivity contribution in [1.82, 2.24) is 5.16 Å². The largest absolute Gasteiger partial charge is 0.480 e. The van der Waals surface area contributed by atoms with Gasteiger partial charge in [-0.25, -0.2) is 4.79 Å². The predicted octanol–water partition coefficient (Wildman–Crippen LogP) is 4.10. The molecule has 3 rings (SSSR count). The zero-order valence-electron chi connectivity index (χ0n) is 12.6. The Balaban J connectivity index is 1.74. The first kappa shape index (κ1) is 16.1. The number of rotatable bonds is 6. The molecule has 122 valence electrons. The Kier molecular flexibility index (Phi) is 4.82. The molecular formula is C18H15ClN2O3. The molecule has 0 unspecified atom stereocenters. The van der Waals surface area contributed by atoms with Gasteiger partial charge in [-0.1, -0.05) is 59.2 Å². The summed E-state index contributed by atoms with van der Waals surface area (Å²) in [5.41, 5.74) is 2.37. The van der Waals surface area contributed by atoms with Crippen LogP contribution in [-0.4, -0.2) is 22.3 Å².